The Morgan fingerprint density at radius 1 is 0.974 bits per heavy atom. The summed E-state index contributed by atoms with van der Waals surface area (Å²) >= 11 is 12.4. The van der Waals surface area contributed by atoms with Crippen LogP contribution in [0.1, 0.15) is 34.1 Å². The first kappa shape index (κ1) is 28.0. The van der Waals surface area contributed by atoms with Crippen LogP contribution < -0.4 is 10.5 Å². The predicted octanol–water partition coefficient (Wildman–Crippen LogP) is 4.40. The fourth-order valence-electron chi connectivity index (χ4n) is 4.80. The third kappa shape index (κ3) is 5.98. The number of ether oxygens (including phenoxy) is 1. The molecule has 1 aromatic heterocycles. The smallest absolute Gasteiger partial charge is 0.345 e. The highest BCUT2D eigenvalue weighted by atomic mass is 35.5. The van der Waals surface area contributed by atoms with Gasteiger partial charge in [0.1, 0.15) is 5.56 Å². The zero-order valence-corrected chi connectivity index (χ0v) is 23.4. The van der Waals surface area contributed by atoms with E-state index < -0.39 is 5.97 Å². The lowest BCUT2D eigenvalue weighted by atomic mass is 10.1. The fourth-order valence-corrected chi connectivity index (χ4v) is 5.10. The number of pyridine rings is 1. The zero-order chi connectivity index (χ0) is 27.4. The molecule has 2 aromatic carbocycles. The van der Waals surface area contributed by atoms with Gasteiger partial charge in [-0.3, -0.25) is 9.59 Å². The molecule has 3 aromatic rings. The summed E-state index contributed by atoms with van der Waals surface area (Å²) in [6.45, 7) is 4.85. The summed E-state index contributed by atoms with van der Waals surface area (Å²) in [6.07, 6.45) is 0.734. The van der Waals surface area contributed by atoms with E-state index in [9.17, 15) is 14.4 Å². The van der Waals surface area contributed by atoms with Gasteiger partial charge in [-0.2, -0.15) is 0 Å². The van der Waals surface area contributed by atoms with Gasteiger partial charge in [-0.05, 0) is 76.4 Å². The number of aryl methyl sites for hydroxylation is 1. The summed E-state index contributed by atoms with van der Waals surface area (Å²) in [5.41, 5.74) is 1.40. The molecule has 0 aliphatic carbocycles. The Morgan fingerprint density at radius 2 is 1.63 bits per heavy atom. The number of amides is 1. The quantitative estimate of drug-likeness (QED) is 0.381. The molecule has 0 spiro atoms. The van der Waals surface area contributed by atoms with E-state index in [-0.39, 0.29) is 23.6 Å². The van der Waals surface area contributed by atoms with Gasteiger partial charge in [0.2, 0.25) is 0 Å². The maximum Gasteiger partial charge on any atom is 0.345 e. The molecule has 202 valence electrons. The van der Waals surface area contributed by atoms with Crippen LogP contribution in [0.2, 0.25) is 10.0 Å². The lowest BCUT2D eigenvalue weighted by Gasteiger charge is -2.37. The standard InChI is InChI=1S/C28H32Cl2N4O4/c1-4-38-28(37)24-25(32-14-16-33(17-15-32)26(35)19-6-8-20(29)9-7-19)22-18-21(30)10-11-23(22)34(27(24)36)13-5-12-31(2)3/h6-11,18H,4-5,12-17H2,1-3H3. The van der Waals surface area contributed by atoms with Gasteiger partial charge in [0, 0.05) is 53.7 Å². The molecule has 1 aliphatic heterocycles. The average Bonchev–Trinajstić information content (AvgIpc) is 2.89. The molecule has 0 unspecified atom stereocenters. The van der Waals surface area contributed by atoms with Crippen LogP contribution in [0, 0.1) is 0 Å². The van der Waals surface area contributed by atoms with Gasteiger partial charge < -0.3 is 24.0 Å². The Morgan fingerprint density at radius 3 is 2.26 bits per heavy atom. The maximum absolute atomic E-state index is 13.8. The van der Waals surface area contributed by atoms with E-state index in [4.69, 9.17) is 27.9 Å². The Kier molecular flexibility index (Phi) is 8.97. The number of piperazine rings is 1. The molecule has 0 saturated carbocycles. The highest BCUT2D eigenvalue weighted by Crippen LogP contribution is 2.33. The summed E-state index contributed by atoms with van der Waals surface area (Å²) in [5.74, 6) is -0.744. The molecule has 1 saturated heterocycles. The number of rotatable bonds is 8. The summed E-state index contributed by atoms with van der Waals surface area (Å²) in [7, 11) is 3.95. The lowest BCUT2D eigenvalue weighted by Crippen LogP contribution is -2.49. The minimum Gasteiger partial charge on any atom is -0.462 e. The topological polar surface area (TPSA) is 75.1 Å². The number of hydrogen-bond acceptors (Lipinski definition) is 6. The monoisotopic (exact) mass is 558 g/mol. The van der Waals surface area contributed by atoms with Gasteiger partial charge >= 0.3 is 5.97 Å². The van der Waals surface area contributed by atoms with E-state index in [0.717, 1.165) is 13.0 Å². The number of fused-ring (bicyclic) bond motifs is 1. The summed E-state index contributed by atoms with van der Waals surface area (Å²) in [5, 5.41) is 1.78. The van der Waals surface area contributed by atoms with Crippen molar-refractivity contribution in [3.8, 4) is 0 Å². The van der Waals surface area contributed by atoms with Crippen molar-refractivity contribution in [2.45, 2.75) is 19.9 Å². The van der Waals surface area contributed by atoms with Gasteiger partial charge in [-0.25, -0.2) is 4.79 Å². The van der Waals surface area contributed by atoms with Crippen molar-refractivity contribution >= 4 is 51.7 Å². The number of carbonyl (C=O) groups excluding carboxylic acids is 2. The Bertz CT molecular complexity index is 1380. The number of hydrogen-bond donors (Lipinski definition) is 0. The first-order chi connectivity index (χ1) is 18.2. The first-order valence-electron chi connectivity index (χ1n) is 12.7. The normalized spacial score (nSPS) is 13.8. The van der Waals surface area contributed by atoms with Crippen LogP contribution in [0.25, 0.3) is 10.9 Å². The van der Waals surface area contributed by atoms with Crippen LogP contribution in [0.5, 0.6) is 0 Å². The van der Waals surface area contributed by atoms with Crippen molar-refractivity contribution in [1.82, 2.24) is 14.4 Å². The van der Waals surface area contributed by atoms with Crippen molar-refractivity contribution in [2.75, 3.05) is 58.3 Å². The van der Waals surface area contributed by atoms with E-state index >= 15 is 0 Å². The maximum atomic E-state index is 13.8. The summed E-state index contributed by atoms with van der Waals surface area (Å²) < 4.78 is 6.99. The van der Waals surface area contributed by atoms with Crippen molar-refractivity contribution in [3.05, 3.63) is 74.0 Å². The molecular weight excluding hydrogens is 527 g/mol. The van der Waals surface area contributed by atoms with E-state index in [1.54, 1.807) is 52.8 Å². The van der Waals surface area contributed by atoms with E-state index in [1.165, 1.54) is 0 Å². The van der Waals surface area contributed by atoms with E-state index in [0.29, 0.717) is 64.9 Å². The van der Waals surface area contributed by atoms with Crippen molar-refractivity contribution in [3.63, 3.8) is 0 Å². The van der Waals surface area contributed by atoms with Crippen LogP contribution in [-0.2, 0) is 11.3 Å². The number of esters is 1. The van der Waals surface area contributed by atoms with Crippen LogP contribution in [0.15, 0.2) is 47.3 Å². The van der Waals surface area contributed by atoms with Crippen molar-refractivity contribution in [1.29, 1.82) is 0 Å². The molecule has 10 heteroatoms. The Balaban J connectivity index is 1.73. The van der Waals surface area contributed by atoms with E-state index in [2.05, 4.69) is 4.90 Å². The number of aromatic nitrogens is 1. The molecule has 4 rings (SSSR count). The molecule has 1 aliphatic rings. The molecule has 1 amide bonds. The minimum atomic E-state index is -0.657. The summed E-state index contributed by atoms with van der Waals surface area (Å²) in [4.78, 5) is 45.9. The minimum absolute atomic E-state index is 0.00366. The number of carbonyl (C=O) groups is 2. The number of halogens is 2. The SMILES string of the molecule is CCOC(=O)c1c(N2CCN(C(=O)c3ccc(Cl)cc3)CC2)c2cc(Cl)ccc2n(CCCN(C)C)c1=O. The van der Waals surface area contributed by atoms with Gasteiger partial charge in [-0.1, -0.05) is 23.2 Å². The van der Waals surface area contributed by atoms with E-state index in [1.807, 2.05) is 25.1 Å². The Hall–Kier alpha value is -3.07. The third-order valence-corrected chi connectivity index (χ3v) is 7.13. The largest absolute Gasteiger partial charge is 0.462 e. The number of anilines is 1. The zero-order valence-electron chi connectivity index (χ0n) is 21.9. The molecule has 0 bridgehead atoms. The first-order valence-corrected chi connectivity index (χ1v) is 13.4. The van der Waals surface area contributed by atoms with Crippen LogP contribution in [0.4, 0.5) is 5.69 Å². The van der Waals surface area contributed by atoms with Gasteiger partial charge in [0.15, 0.2) is 0 Å². The van der Waals surface area contributed by atoms with Crippen LogP contribution in [0.3, 0.4) is 0 Å². The third-order valence-electron chi connectivity index (χ3n) is 6.64. The Labute approximate surface area is 232 Å². The number of benzene rings is 2. The second-order valence-electron chi connectivity index (χ2n) is 9.51. The van der Waals surface area contributed by atoms with Crippen LogP contribution in [-0.4, -0.2) is 79.7 Å². The fraction of sp³-hybridized carbons (Fsp3) is 0.393. The highest BCUT2D eigenvalue weighted by Gasteiger charge is 2.30. The van der Waals surface area contributed by atoms with Crippen molar-refractivity contribution < 1.29 is 14.3 Å². The molecular formula is C28H32Cl2N4O4. The average molecular weight is 559 g/mol. The van der Waals surface area contributed by atoms with Gasteiger partial charge in [0.05, 0.1) is 17.8 Å². The van der Waals surface area contributed by atoms with Crippen LogP contribution >= 0.6 is 23.2 Å². The van der Waals surface area contributed by atoms with Gasteiger partial charge in [0.25, 0.3) is 11.5 Å². The van der Waals surface area contributed by atoms with Crippen molar-refractivity contribution in [2.24, 2.45) is 0 Å². The molecule has 38 heavy (non-hydrogen) atoms. The molecule has 2 heterocycles. The molecule has 0 N–H and O–H groups in total. The molecule has 1 fully saturated rings. The molecule has 0 atom stereocenters. The molecule has 8 nitrogen and oxygen atoms in total. The highest BCUT2D eigenvalue weighted by molar-refractivity contribution is 6.31. The lowest BCUT2D eigenvalue weighted by molar-refractivity contribution is 0.0523. The predicted molar refractivity (Wildman–Crippen MR) is 152 cm³/mol. The number of nitrogens with zero attached hydrogens (tertiary/aromatic N) is 4. The summed E-state index contributed by atoms with van der Waals surface area (Å²) in [6, 6.07) is 12.2. The van der Waals surface area contributed by atoms with Gasteiger partial charge in [-0.15, -0.1) is 0 Å². The second kappa shape index (κ2) is 12.2. The molecule has 0 radical (unpaired) electrons. The second-order valence-corrected chi connectivity index (χ2v) is 10.4.